The molecule has 0 aromatic heterocycles. The first-order chi connectivity index (χ1) is 6.77. The number of nitrogens with zero attached hydrogens (tertiary/aromatic N) is 3. The Bertz CT molecular complexity index is 342. The molecular weight excluding hydrogens is 188 g/mol. The lowest BCUT2D eigenvalue weighted by molar-refractivity contribution is -0.344. The Morgan fingerprint density at radius 1 is 1.21 bits per heavy atom. The Labute approximate surface area is 79.3 Å². The number of ether oxygens (including phenoxy) is 1. The van der Waals surface area contributed by atoms with Crippen LogP contribution in [0.3, 0.4) is 0 Å². The third kappa shape index (κ3) is 1.59. The molecule has 0 fully saturated rings. The average Bonchev–Trinajstić information content (AvgIpc) is 2.52. The number of hydrazine groups is 2. The highest BCUT2D eigenvalue weighted by molar-refractivity contribution is 5.75. The SMILES string of the molecule is ON1NN=C(Oc2ccccc2)N1O. The Kier molecular flexibility index (Phi) is 2.19. The van der Waals surface area contributed by atoms with Crippen LogP contribution in [0, 0.1) is 0 Å². The van der Waals surface area contributed by atoms with Gasteiger partial charge >= 0.3 is 6.02 Å². The maximum atomic E-state index is 9.11. The number of hydrogen-bond acceptors (Lipinski definition) is 7. The summed E-state index contributed by atoms with van der Waals surface area (Å²) in [6.07, 6.45) is 0. The van der Waals surface area contributed by atoms with Crippen LogP contribution in [0.5, 0.6) is 5.75 Å². The van der Waals surface area contributed by atoms with E-state index in [2.05, 4.69) is 10.6 Å². The van der Waals surface area contributed by atoms with Gasteiger partial charge in [-0.25, -0.2) is 0 Å². The number of hydrazone groups is 1. The van der Waals surface area contributed by atoms with Gasteiger partial charge in [0.05, 0.1) is 0 Å². The lowest BCUT2D eigenvalue weighted by Crippen LogP contribution is -2.42. The fourth-order valence-corrected chi connectivity index (χ4v) is 0.913. The van der Waals surface area contributed by atoms with Gasteiger partial charge in [-0.1, -0.05) is 23.4 Å². The van der Waals surface area contributed by atoms with E-state index in [1.165, 1.54) is 0 Å². The number of hydroxylamine groups is 1. The lowest BCUT2D eigenvalue weighted by Gasteiger charge is -2.14. The second kappa shape index (κ2) is 3.50. The van der Waals surface area contributed by atoms with Crippen LogP contribution in [-0.2, 0) is 0 Å². The van der Waals surface area contributed by atoms with E-state index < -0.39 is 0 Å². The van der Waals surface area contributed by atoms with Crippen LogP contribution in [0.1, 0.15) is 0 Å². The van der Waals surface area contributed by atoms with Crippen molar-refractivity contribution in [3.63, 3.8) is 0 Å². The summed E-state index contributed by atoms with van der Waals surface area (Å²) in [4.78, 5) is 0. The molecule has 7 nitrogen and oxygen atoms in total. The van der Waals surface area contributed by atoms with Crippen LogP contribution in [0.4, 0.5) is 0 Å². The van der Waals surface area contributed by atoms with Gasteiger partial charge in [-0.15, -0.1) is 5.10 Å². The zero-order chi connectivity index (χ0) is 9.97. The first-order valence-corrected chi connectivity index (χ1v) is 3.81. The highest BCUT2D eigenvalue weighted by Gasteiger charge is 2.24. The minimum Gasteiger partial charge on any atom is -0.422 e. The summed E-state index contributed by atoms with van der Waals surface area (Å²) in [6, 6.07) is 8.59. The summed E-state index contributed by atoms with van der Waals surface area (Å²) in [7, 11) is 0. The van der Waals surface area contributed by atoms with Crippen LogP contribution in [0.2, 0.25) is 0 Å². The van der Waals surface area contributed by atoms with E-state index in [4.69, 9.17) is 15.2 Å². The molecule has 0 radical (unpaired) electrons. The fraction of sp³-hybridized carbons (Fsp3) is 0. The maximum absolute atomic E-state index is 9.11. The van der Waals surface area contributed by atoms with Crippen LogP contribution in [0.25, 0.3) is 0 Å². The molecule has 0 spiro atoms. The Hall–Kier alpha value is -1.83. The Balaban J connectivity index is 2.06. The van der Waals surface area contributed by atoms with Crippen molar-refractivity contribution in [1.29, 1.82) is 0 Å². The van der Waals surface area contributed by atoms with E-state index in [0.29, 0.717) is 10.9 Å². The highest BCUT2D eigenvalue weighted by atomic mass is 16.8. The fourth-order valence-electron chi connectivity index (χ4n) is 0.913. The average molecular weight is 196 g/mol. The van der Waals surface area contributed by atoms with Gasteiger partial charge in [-0.2, -0.15) is 5.53 Å². The van der Waals surface area contributed by atoms with E-state index in [1.54, 1.807) is 24.3 Å². The number of nitrogens with one attached hydrogen (secondary N) is 1. The minimum atomic E-state index is -0.168. The van der Waals surface area contributed by atoms with Gasteiger partial charge in [0.2, 0.25) is 0 Å². The van der Waals surface area contributed by atoms with Crippen molar-refractivity contribution in [3.8, 4) is 5.75 Å². The molecule has 1 heterocycles. The zero-order valence-electron chi connectivity index (χ0n) is 7.03. The van der Waals surface area contributed by atoms with E-state index in [1.807, 2.05) is 6.07 Å². The standard InChI is InChI=1S/C7H8N4O3/c12-10-7(8-9-11(10)13)14-6-4-2-1-3-5-6/h1-5,9,12-13H. The van der Waals surface area contributed by atoms with Gasteiger partial charge < -0.3 is 4.74 Å². The third-order valence-corrected chi connectivity index (χ3v) is 1.54. The van der Waals surface area contributed by atoms with Crippen molar-refractivity contribution in [3.05, 3.63) is 30.3 Å². The lowest BCUT2D eigenvalue weighted by atomic mass is 10.3. The third-order valence-electron chi connectivity index (χ3n) is 1.54. The summed E-state index contributed by atoms with van der Waals surface area (Å²) in [5, 5.41) is 22.1. The number of para-hydroxylation sites is 1. The number of hydrogen-bond donors (Lipinski definition) is 3. The molecule has 0 aliphatic carbocycles. The number of amidine groups is 1. The van der Waals surface area contributed by atoms with Gasteiger partial charge in [-0.05, 0) is 12.1 Å². The zero-order valence-corrected chi connectivity index (χ0v) is 7.03. The van der Waals surface area contributed by atoms with Crippen LogP contribution < -0.4 is 10.3 Å². The first kappa shape index (κ1) is 8.75. The summed E-state index contributed by atoms with van der Waals surface area (Å²) >= 11 is 0. The predicted octanol–water partition coefficient (Wildman–Crippen LogP) is 0.152. The number of benzene rings is 1. The molecule has 2 rings (SSSR count). The molecule has 1 aromatic carbocycles. The molecule has 0 bridgehead atoms. The van der Waals surface area contributed by atoms with Gasteiger partial charge in [0.1, 0.15) is 5.75 Å². The van der Waals surface area contributed by atoms with Gasteiger partial charge in [0.25, 0.3) is 0 Å². The molecule has 3 N–H and O–H groups in total. The Morgan fingerprint density at radius 2 is 1.93 bits per heavy atom. The van der Waals surface area contributed by atoms with Crippen molar-refractivity contribution >= 4 is 6.02 Å². The van der Waals surface area contributed by atoms with Crippen molar-refractivity contribution in [2.24, 2.45) is 5.10 Å². The summed E-state index contributed by atoms with van der Waals surface area (Å²) < 4.78 is 5.12. The maximum Gasteiger partial charge on any atom is 0.360 e. The molecular formula is C7H8N4O3. The van der Waals surface area contributed by atoms with Crippen molar-refractivity contribution in [2.75, 3.05) is 0 Å². The molecule has 1 aliphatic heterocycles. The normalized spacial score (nSPS) is 16.4. The highest BCUT2D eigenvalue weighted by Crippen LogP contribution is 2.11. The monoisotopic (exact) mass is 196 g/mol. The van der Waals surface area contributed by atoms with Crippen molar-refractivity contribution in [1.82, 2.24) is 16.0 Å². The molecule has 0 saturated heterocycles. The van der Waals surface area contributed by atoms with E-state index in [-0.39, 0.29) is 11.3 Å². The molecule has 0 unspecified atom stereocenters. The predicted molar refractivity (Wildman–Crippen MR) is 44.9 cm³/mol. The van der Waals surface area contributed by atoms with Gasteiger partial charge in [-0.3, -0.25) is 10.4 Å². The smallest absolute Gasteiger partial charge is 0.360 e. The largest absolute Gasteiger partial charge is 0.422 e. The molecule has 0 saturated carbocycles. The van der Waals surface area contributed by atoms with Crippen molar-refractivity contribution in [2.45, 2.75) is 0 Å². The topological polar surface area (TPSA) is 80.6 Å². The van der Waals surface area contributed by atoms with E-state index in [9.17, 15) is 0 Å². The van der Waals surface area contributed by atoms with E-state index >= 15 is 0 Å². The quantitative estimate of drug-likeness (QED) is 0.593. The minimum absolute atomic E-state index is 0.168. The van der Waals surface area contributed by atoms with Gasteiger partial charge in [0, 0.05) is 5.28 Å². The molecule has 74 valence electrons. The molecule has 1 aromatic rings. The molecule has 1 aliphatic rings. The molecule has 0 atom stereocenters. The van der Waals surface area contributed by atoms with Crippen LogP contribution in [-0.4, -0.2) is 26.9 Å². The summed E-state index contributed by atoms with van der Waals surface area (Å²) in [5.41, 5.74) is 2.07. The van der Waals surface area contributed by atoms with Gasteiger partial charge in [0.15, 0.2) is 0 Å². The van der Waals surface area contributed by atoms with E-state index in [0.717, 1.165) is 0 Å². The van der Waals surface area contributed by atoms with Crippen LogP contribution >= 0.6 is 0 Å². The summed E-state index contributed by atoms with van der Waals surface area (Å²) in [5.74, 6) is 0.502. The summed E-state index contributed by atoms with van der Waals surface area (Å²) in [6.45, 7) is 0. The first-order valence-electron chi connectivity index (χ1n) is 3.81. The molecule has 14 heavy (non-hydrogen) atoms. The van der Waals surface area contributed by atoms with Crippen molar-refractivity contribution < 1.29 is 15.2 Å². The second-order valence-electron chi connectivity index (χ2n) is 2.49. The molecule has 7 heteroatoms. The second-order valence-corrected chi connectivity index (χ2v) is 2.49. The number of rotatable bonds is 1. The molecule has 0 amide bonds. The van der Waals surface area contributed by atoms with Crippen LogP contribution in [0.15, 0.2) is 35.4 Å². The Morgan fingerprint density at radius 3 is 2.50 bits per heavy atom.